The van der Waals surface area contributed by atoms with Gasteiger partial charge in [0.2, 0.25) is 0 Å². The molecule has 40 heavy (non-hydrogen) atoms. The van der Waals surface area contributed by atoms with Crippen LogP contribution < -0.4 is 0 Å². The highest BCUT2D eigenvalue weighted by Gasteiger charge is 2.18. The first-order chi connectivity index (χ1) is 19.8. The molecule has 0 bridgehead atoms. The Morgan fingerprint density at radius 1 is 0.500 bits per heavy atom. The van der Waals surface area contributed by atoms with Crippen molar-refractivity contribution in [3.8, 4) is 22.6 Å². The summed E-state index contributed by atoms with van der Waals surface area (Å²) in [5.41, 5.74) is 5.72. The van der Waals surface area contributed by atoms with Crippen LogP contribution in [0.15, 0.2) is 126 Å². The molecule has 4 heteroatoms. The van der Waals surface area contributed by atoms with Gasteiger partial charge in [-0.15, -0.1) is 11.3 Å². The molecule has 3 heterocycles. The summed E-state index contributed by atoms with van der Waals surface area (Å²) in [5.74, 6) is 0.728. The van der Waals surface area contributed by atoms with E-state index in [-0.39, 0.29) is 0 Å². The second-order valence-electron chi connectivity index (χ2n) is 10.2. The van der Waals surface area contributed by atoms with E-state index < -0.39 is 0 Å². The summed E-state index contributed by atoms with van der Waals surface area (Å²) in [5, 5.41) is 8.31. The molecule has 0 saturated heterocycles. The maximum absolute atomic E-state index is 6.24. The van der Waals surface area contributed by atoms with Crippen molar-refractivity contribution in [3.05, 3.63) is 121 Å². The molecule has 9 rings (SSSR count). The Labute approximate surface area is 233 Å². The van der Waals surface area contributed by atoms with Crippen molar-refractivity contribution < 1.29 is 4.42 Å². The third kappa shape index (κ3) is 3.17. The summed E-state index contributed by atoms with van der Waals surface area (Å²) >= 11 is 1.75. The monoisotopic (exact) mass is 528 g/mol. The van der Waals surface area contributed by atoms with Crippen LogP contribution in [0.25, 0.3) is 86.4 Å². The topological polar surface area (TPSA) is 38.9 Å². The van der Waals surface area contributed by atoms with Crippen LogP contribution >= 0.6 is 11.3 Å². The highest BCUT2D eigenvalue weighted by Crippen LogP contribution is 2.41. The Morgan fingerprint density at radius 3 is 2.15 bits per heavy atom. The van der Waals surface area contributed by atoms with Crippen LogP contribution in [-0.4, -0.2) is 9.97 Å². The van der Waals surface area contributed by atoms with Crippen molar-refractivity contribution in [2.75, 3.05) is 0 Å². The van der Waals surface area contributed by atoms with Crippen molar-refractivity contribution >= 4 is 75.1 Å². The molecular weight excluding hydrogens is 508 g/mol. The number of fused-ring (bicyclic) bond motifs is 9. The fourth-order valence-electron chi connectivity index (χ4n) is 5.94. The van der Waals surface area contributed by atoms with E-state index in [1.807, 2.05) is 12.1 Å². The van der Waals surface area contributed by atoms with Crippen molar-refractivity contribution in [1.82, 2.24) is 9.97 Å². The van der Waals surface area contributed by atoms with Gasteiger partial charge in [-0.25, -0.2) is 9.97 Å². The van der Waals surface area contributed by atoms with Gasteiger partial charge in [-0.3, -0.25) is 0 Å². The normalized spacial score (nSPS) is 12.0. The maximum atomic E-state index is 6.24. The second kappa shape index (κ2) is 8.22. The predicted octanol–water partition coefficient (Wildman–Crippen LogP) is 10.4. The zero-order valence-corrected chi connectivity index (χ0v) is 22.1. The van der Waals surface area contributed by atoms with Crippen LogP contribution in [0.2, 0.25) is 0 Å². The number of thiophene rings is 1. The number of furan rings is 1. The van der Waals surface area contributed by atoms with E-state index >= 15 is 0 Å². The Kier molecular flexibility index (Phi) is 4.48. The highest BCUT2D eigenvalue weighted by atomic mass is 32.1. The number of benzene rings is 6. The van der Waals surface area contributed by atoms with Crippen molar-refractivity contribution in [2.45, 2.75) is 0 Å². The average Bonchev–Trinajstić information content (AvgIpc) is 3.58. The molecule has 0 aliphatic carbocycles. The zero-order chi connectivity index (χ0) is 26.2. The second-order valence-corrected chi connectivity index (χ2v) is 11.3. The molecule has 3 nitrogen and oxygen atoms in total. The minimum Gasteiger partial charge on any atom is -0.456 e. The minimum atomic E-state index is 0.728. The van der Waals surface area contributed by atoms with E-state index in [1.54, 1.807) is 11.3 Å². The van der Waals surface area contributed by atoms with Crippen LogP contribution in [0.3, 0.4) is 0 Å². The molecule has 0 radical (unpaired) electrons. The summed E-state index contributed by atoms with van der Waals surface area (Å²) in [6.07, 6.45) is 0. The first-order valence-electron chi connectivity index (χ1n) is 13.3. The molecule has 0 unspecified atom stereocenters. The summed E-state index contributed by atoms with van der Waals surface area (Å²) in [6.45, 7) is 0. The Bertz CT molecular complexity index is 2450. The van der Waals surface area contributed by atoms with Crippen molar-refractivity contribution in [1.29, 1.82) is 0 Å². The van der Waals surface area contributed by atoms with Crippen LogP contribution in [-0.2, 0) is 0 Å². The predicted molar refractivity (Wildman–Crippen MR) is 168 cm³/mol. The van der Waals surface area contributed by atoms with Crippen LogP contribution in [0, 0.1) is 0 Å². The lowest BCUT2D eigenvalue weighted by molar-refractivity contribution is 0.669. The summed E-state index contributed by atoms with van der Waals surface area (Å²) in [6, 6.07) is 42.6. The van der Waals surface area contributed by atoms with Gasteiger partial charge in [-0.2, -0.15) is 0 Å². The zero-order valence-electron chi connectivity index (χ0n) is 21.3. The van der Waals surface area contributed by atoms with E-state index in [0.29, 0.717) is 0 Å². The third-order valence-electron chi connectivity index (χ3n) is 7.88. The summed E-state index contributed by atoms with van der Waals surface area (Å²) in [7, 11) is 0. The minimum absolute atomic E-state index is 0.728. The van der Waals surface area contributed by atoms with Gasteiger partial charge in [-0.05, 0) is 51.9 Å². The fraction of sp³-hybridized carbons (Fsp3) is 0. The van der Waals surface area contributed by atoms with Gasteiger partial charge in [0.25, 0.3) is 0 Å². The number of nitrogens with zero attached hydrogens (tertiary/aromatic N) is 2. The van der Waals surface area contributed by atoms with Gasteiger partial charge in [-0.1, -0.05) is 91.0 Å². The molecule has 3 aromatic heterocycles. The lowest BCUT2D eigenvalue weighted by Crippen LogP contribution is -1.94. The van der Waals surface area contributed by atoms with Crippen molar-refractivity contribution in [3.63, 3.8) is 0 Å². The molecule has 0 fully saturated rings. The quantitative estimate of drug-likeness (QED) is 0.210. The van der Waals surface area contributed by atoms with Gasteiger partial charge in [0, 0.05) is 32.0 Å². The van der Waals surface area contributed by atoms with Crippen LogP contribution in [0.4, 0.5) is 0 Å². The number of para-hydroxylation sites is 1. The number of rotatable bonds is 2. The first kappa shape index (κ1) is 21.8. The molecule has 0 aliphatic heterocycles. The lowest BCUT2D eigenvalue weighted by Gasteiger charge is -2.09. The Morgan fingerprint density at radius 2 is 1.20 bits per heavy atom. The molecule has 0 atom stereocenters. The molecule has 186 valence electrons. The SMILES string of the molecule is c1ccc2c(c1)ccc1cc(-c3nc(-c4ccc5c(c4)oc4ccccc45)c4sc5ccccc5c4n3)ccc12. The van der Waals surface area contributed by atoms with Crippen molar-refractivity contribution in [2.24, 2.45) is 0 Å². The van der Waals surface area contributed by atoms with E-state index in [2.05, 4.69) is 109 Å². The lowest BCUT2D eigenvalue weighted by atomic mass is 10.00. The van der Waals surface area contributed by atoms with Crippen LogP contribution in [0.1, 0.15) is 0 Å². The standard InChI is InChI=1S/C36H20N2OS/c1-2-8-25-21(7-1)13-14-22-19-24(16-17-26(22)25)36-37-33(35-34(38-36)29-10-4-6-12-32(29)40-35)23-15-18-28-27-9-3-5-11-30(27)39-31(28)20-23/h1-20H. The Hall–Kier alpha value is -5.06. The highest BCUT2D eigenvalue weighted by molar-refractivity contribution is 7.26. The molecule has 0 spiro atoms. The molecule has 0 N–H and O–H groups in total. The molecular formula is C36H20N2OS. The van der Waals surface area contributed by atoms with E-state index in [4.69, 9.17) is 14.4 Å². The fourth-order valence-corrected chi connectivity index (χ4v) is 7.09. The van der Waals surface area contributed by atoms with E-state index in [1.165, 1.54) is 26.2 Å². The molecule has 0 saturated carbocycles. The average molecular weight is 529 g/mol. The largest absolute Gasteiger partial charge is 0.456 e. The molecule has 0 amide bonds. The van der Waals surface area contributed by atoms with Gasteiger partial charge in [0.1, 0.15) is 11.2 Å². The first-order valence-corrected chi connectivity index (χ1v) is 14.1. The van der Waals surface area contributed by atoms with E-state index in [9.17, 15) is 0 Å². The van der Waals surface area contributed by atoms with Crippen LogP contribution in [0.5, 0.6) is 0 Å². The number of hydrogen-bond donors (Lipinski definition) is 0. The summed E-state index contributed by atoms with van der Waals surface area (Å²) in [4.78, 5) is 10.4. The molecule has 0 aliphatic rings. The van der Waals surface area contributed by atoms with Gasteiger partial charge in [0.05, 0.1) is 15.9 Å². The van der Waals surface area contributed by atoms with Gasteiger partial charge < -0.3 is 4.42 Å². The Balaban J connectivity index is 1.31. The maximum Gasteiger partial charge on any atom is 0.160 e. The molecule has 9 aromatic rings. The third-order valence-corrected chi connectivity index (χ3v) is 9.04. The molecule has 6 aromatic carbocycles. The van der Waals surface area contributed by atoms with E-state index in [0.717, 1.165) is 60.2 Å². The number of hydrogen-bond acceptors (Lipinski definition) is 4. The van der Waals surface area contributed by atoms with Gasteiger partial charge >= 0.3 is 0 Å². The smallest absolute Gasteiger partial charge is 0.160 e. The number of aromatic nitrogens is 2. The summed E-state index contributed by atoms with van der Waals surface area (Å²) < 4.78 is 8.54. The van der Waals surface area contributed by atoms with Gasteiger partial charge in [0.15, 0.2) is 5.82 Å².